The topological polar surface area (TPSA) is 99.5 Å². The third-order valence-corrected chi connectivity index (χ3v) is 6.07. The molecule has 0 saturated carbocycles. The number of hydrogen-bond donors (Lipinski definition) is 2. The maximum absolute atomic E-state index is 9.10. The number of carboxylic acid groups (broad SMARTS) is 2. The molecule has 3 aromatic rings. The molecule has 8 heteroatoms. The molecule has 4 rings (SSSR count). The molecule has 0 spiro atoms. The largest absolute Gasteiger partial charge is 0.497 e. The van der Waals surface area contributed by atoms with E-state index in [9.17, 15) is 0 Å². The van der Waals surface area contributed by atoms with Crippen LogP contribution in [0.4, 0.5) is 0 Å². The molecule has 3 aromatic carbocycles. The summed E-state index contributed by atoms with van der Waals surface area (Å²) in [5.41, 5.74) is 3.88. The van der Waals surface area contributed by atoms with Gasteiger partial charge in [0.05, 0.1) is 20.3 Å². The highest BCUT2D eigenvalue weighted by atomic mass is 16.5. The van der Waals surface area contributed by atoms with Crippen LogP contribution < -0.4 is 9.47 Å². The summed E-state index contributed by atoms with van der Waals surface area (Å²) in [6.07, 6.45) is 0. The number of hydrogen-bond acceptors (Lipinski definition) is 6. The minimum Gasteiger partial charge on any atom is -0.497 e. The Morgan fingerprint density at radius 1 is 0.778 bits per heavy atom. The molecule has 190 valence electrons. The predicted octanol–water partition coefficient (Wildman–Crippen LogP) is 3.77. The van der Waals surface area contributed by atoms with E-state index in [0.717, 1.165) is 44.2 Å². The monoisotopic (exact) mass is 492 g/mol. The minimum atomic E-state index is -1.82. The zero-order chi connectivity index (χ0) is 25.9. The molecule has 1 saturated heterocycles. The van der Waals surface area contributed by atoms with Crippen molar-refractivity contribution in [3.63, 3.8) is 0 Å². The van der Waals surface area contributed by atoms with Crippen LogP contribution in [-0.4, -0.2) is 72.4 Å². The van der Waals surface area contributed by atoms with Crippen LogP contribution in [-0.2, 0) is 16.1 Å². The maximum atomic E-state index is 9.10. The summed E-state index contributed by atoms with van der Waals surface area (Å²) in [6.45, 7) is 4.98. The number of rotatable bonds is 7. The fourth-order valence-corrected chi connectivity index (χ4v) is 4.31. The minimum absolute atomic E-state index is 0.293. The van der Waals surface area contributed by atoms with Crippen molar-refractivity contribution in [1.82, 2.24) is 9.80 Å². The Morgan fingerprint density at radius 3 is 1.75 bits per heavy atom. The first kappa shape index (κ1) is 26.7. The molecule has 1 aliphatic heterocycles. The quantitative estimate of drug-likeness (QED) is 0.481. The zero-order valence-electron chi connectivity index (χ0n) is 20.5. The Bertz CT molecular complexity index is 1060. The van der Waals surface area contributed by atoms with Crippen molar-refractivity contribution in [2.75, 3.05) is 40.4 Å². The number of benzene rings is 3. The van der Waals surface area contributed by atoms with Gasteiger partial charge >= 0.3 is 11.9 Å². The van der Waals surface area contributed by atoms with E-state index in [1.807, 2.05) is 12.1 Å². The van der Waals surface area contributed by atoms with E-state index in [-0.39, 0.29) is 0 Å². The Kier molecular flexibility index (Phi) is 9.85. The van der Waals surface area contributed by atoms with Gasteiger partial charge in [-0.05, 0) is 29.3 Å². The predicted molar refractivity (Wildman–Crippen MR) is 136 cm³/mol. The highest BCUT2D eigenvalue weighted by Gasteiger charge is 2.26. The lowest BCUT2D eigenvalue weighted by atomic mass is 9.96. The number of nitrogens with zero attached hydrogens (tertiary/aromatic N) is 2. The molecule has 2 N–H and O–H groups in total. The highest BCUT2D eigenvalue weighted by molar-refractivity contribution is 6.27. The molecule has 0 aliphatic carbocycles. The summed E-state index contributed by atoms with van der Waals surface area (Å²) in [4.78, 5) is 23.3. The second-order valence-corrected chi connectivity index (χ2v) is 8.32. The first-order chi connectivity index (χ1) is 17.4. The van der Waals surface area contributed by atoms with Gasteiger partial charge in [0.2, 0.25) is 0 Å². The Labute approximate surface area is 211 Å². The van der Waals surface area contributed by atoms with Crippen molar-refractivity contribution >= 4 is 11.9 Å². The number of piperazine rings is 1. The van der Waals surface area contributed by atoms with Gasteiger partial charge < -0.3 is 19.7 Å². The summed E-state index contributed by atoms with van der Waals surface area (Å²) < 4.78 is 11.0. The van der Waals surface area contributed by atoms with Crippen LogP contribution in [0.1, 0.15) is 22.7 Å². The fourth-order valence-electron chi connectivity index (χ4n) is 4.31. The highest BCUT2D eigenvalue weighted by Crippen LogP contribution is 2.30. The summed E-state index contributed by atoms with van der Waals surface area (Å²) in [5.74, 6) is -1.85. The molecule has 0 atom stereocenters. The van der Waals surface area contributed by atoms with E-state index in [1.54, 1.807) is 14.2 Å². The van der Waals surface area contributed by atoms with E-state index in [2.05, 4.69) is 76.5 Å². The number of aliphatic carboxylic acids is 2. The van der Waals surface area contributed by atoms with Gasteiger partial charge in [-0.1, -0.05) is 60.7 Å². The number of ether oxygens (including phenoxy) is 2. The van der Waals surface area contributed by atoms with Crippen molar-refractivity contribution in [3.05, 3.63) is 95.6 Å². The molecular weight excluding hydrogens is 460 g/mol. The summed E-state index contributed by atoms with van der Waals surface area (Å²) in [6, 6.07) is 28.0. The van der Waals surface area contributed by atoms with E-state index in [1.165, 1.54) is 16.7 Å². The molecule has 36 heavy (non-hydrogen) atoms. The van der Waals surface area contributed by atoms with E-state index in [4.69, 9.17) is 29.3 Å². The van der Waals surface area contributed by atoms with E-state index >= 15 is 0 Å². The van der Waals surface area contributed by atoms with Crippen LogP contribution in [0.3, 0.4) is 0 Å². The van der Waals surface area contributed by atoms with Gasteiger partial charge in [-0.25, -0.2) is 9.59 Å². The van der Waals surface area contributed by atoms with Crippen molar-refractivity contribution in [2.45, 2.75) is 12.6 Å². The average molecular weight is 493 g/mol. The molecule has 1 aliphatic rings. The molecule has 0 unspecified atom stereocenters. The van der Waals surface area contributed by atoms with Gasteiger partial charge in [0.15, 0.2) is 0 Å². The zero-order valence-corrected chi connectivity index (χ0v) is 20.5. The lowest BCUT2D eigenvalue weighted by Gasteiger charge is -2.40. The van der Waals surface area contributed by atoms with Crippen LogP contribution in [0, 0.1) is 0 Å². The van der Waals surface area contributed by atoms with Gasteiger partial charge in [0, 0.05) is 38.3 Å². The van der Waals surface area contributed by atoms with Gasteiger partial charge in [-0.15, -0.1) is 0 Å². The van der Waals surface area contributed by atoms with Crippen LogP contribution in [0.5, 0.6) is 11.5 Å². The normalized spacial score (nSPS) is 14.0. The molecule has 1 fully saturated rings. The second-order valence-electron chi connectivity index (χ2n) is 8.32. The summed E-state index contributed by atoms with van der Waals surface area (Å²) in [5, 5.41) is 14.8. The van der Waals surface area contributed by atoms with Crippen LogP contribution in [0.15, 0.2) is 78.9 Å². The summed E-state index contributed by atoms with van der Waals surface area (Å²) in [7, 11) is 3.44. The van der Waals surface area contributed by atoms with Crippen LogP contribution in [0.25, 0.3) is 0 Å². The van der Waals surface area contributed by atoms with Crippen molar-refractivity contribution in [1.29, 1.82) is 0 Å². The van der Waals surface area contributed by atoms with Crippen molar-refractivity contribution in [2.24, 2.45) is 0 Å². The molecule has 0 aromatic heterocycles. The standard InChI is InChI=1S/C26H30N2O2.C2H2O4/c1-29-24-13-14-25(30-2)23(19-24)20-27-15-17-28(18-16-27)26(21-9-5-3-6-10-21)22-11-7-4-8-12-22;3-1(4)2(5)6/h3-14,19,26H,15-18,20H2,1-2H3;(H,3,4)(H,5,6). The van der Waals surface area contributed by atoms with Crippen molar-refractivity contribution < 1.29 is 29.3 Å². The molecule has 8 nitrogen and oxygen atoms in total. The van der Waals surface area contributed by atoms with Gasteiger partial charge in [0.1, 0.15) is 11.5 Å². The molecular formula is C28H32N2O6. The van der Waals surface area contributed by atoms with Crippen LogP contribution in [0.2, 0.25) is 0 Å². The molecule has 0 radical (unpaired) electrons. The number of carbonyl (C=O) groups is 2. The van der Waals surface area contributed by atoms with Gasteiger partial charge in [-0.3, -0.25) is 9.80 Å². The second kappa shape index (κ2) is 13.3. The van der Waals surface area contributed by atoms with E-state index < -0.39 is 11.9 Å². The lowest BCUT2D eigenvalue weighted by Crippen LogP contribution is -2.47. The number of carboxylic acids is 2. The van der Waals surface area contributed by atoms with Crippen molar-refractivity contribution in [3.8, 4) is 11.5 Å². The smallest absolute Gasteiger partial charge is 0.414 e. The third-order valence-electron chi connectivity index (χ3n) is 6.07. The lowest BCUT2D eigenvalue weighted by molar-refractivity contribution is -0.159. The Morgan fingerprint density at radius 2 is 1.31 bits per heavy atom. The third kappa shape index (κ3) is 7.31. The first-order valence-electron chi connectivity index (χ1n) is 11.7. The van der Waals surface area contributed by atoms with Gasteiger partial charge in [-0.2, -0.15) is 0 Å². The number of methoxy groups -OCH3 is 2. The summed E-state index contributed by atoms with van der Waals surface area (Å²) >= 11 is 0. The Balaban J connectivity index is 0.000000538. The molecule has 1 heterocycles. The first-order valence-corrected chi connectivity index (χ1v) is 11.7. The maximum Gasteiger partial charge on any atom is 0.414 e. The van der Waals surface area contributed by atoms with Crippen LogP contribution >= 0.6 is 0 Å². The molecule has 0 amide bonds. The molecule has 0 bridgehead atoms. The fraction of sp³-hybridized carbons (Fsp3) is 0.286. The van der Waals surface area contributed by atoms with Gasteiger partial charge in [0.25, 0.3) is 0 Å². The average Bonchev–Trinajstić information content (AvgIpc) is 2.91. The Hall–Kier alpha value is -3.88. The SMILES string of the molecule is COc1ccc(OC)c(CN2CCN(C(c3ccccc3)c3ccccc3)CC2)c1.O=C(O)C(=O)O. The van der Waals surface area contributed by atoms with E-state index in [0.29, 0.717) is 6.04 Å².